The van der Waals surface area contributed by atoms with Crippen molar-refractivity contribution in [1.82, 2.24) is 4.98 Å². The molecule has 0 bridgehead atoms. The zero-order valence-corrected chi connectivity index (χ0v) is 20.8. The van der Waals surface area contributed by atoms with E-state index in [4.69, 9.17) is 4.74 Å². The van der Waals surface area contributed by atoms with Crippen LogP contribution in [0.2, 0.25) is 0 Å². The summed E-state index contributed by atoms with van der Waals surface area (Å²) in [5, 5.41) is 3.64. The summed E-state index contributed by atoms with van der Waals surface area (Å²) in [7, 11) is 0. The molecule has 1 amide bonds. The summed E-state index contributed by atoms with van der Waals surface area (Å²) in [6.07, 6.45) is 5.16. The van der Waals surface area contributed by atoms with E-state index in [1.54, 1.807) is 11.1 Å². The van der Waals surface area contributed by atoms with Gasteiger partial charge in [0.1, 0.15) is 11.4 Å². The highest BCUT2D eigenvalue weighted by molar-refractivity contribution is 5.86. The van der Waals surface area contributed by atoms with Crippen LogP contribution in [0.3, 0.4) is 0 Å². The average Bonchev–Trinajstić information content (AvgIpc) is 2.83. The van der Waals surface area contributed by atoms with Crippen molar-refractivity contribution < 1.29 is 9.53 Å². The molecule has 0 saturated carbocycles. The molecule has 180 valence electrons. The monoisotopic (exact) mass is 459 g/mol. The number of benzene rings is 2. The lowest BCUT2D eigenvalue weighted by Gasteiger charge is -2.26. The third-order valence-corrected chi connectivity index (χ3v) is 5.54. The molecule has 0 aliphatic heterocycles. The summed E-state index contributed by atoms with van der Waals surface area (Å²) >= 11 is 0. The lowest BCUT2D eigenvalue weighted by Crippen LogP contribution is -2.38. The molecule has 1 N–H and O–H groups in total. The minimum atomic E-state index is -0.544. The van der Waals surface area contributed by atoms with Gasteiger partial charge in [-0.3, -0.25) is 4.90 Å². The fourth-order valence-electron chi connectivity index (χ4n) is 3.80. The topological polar surface area (TPSA) is 54.5 Å². The third-order valence-electron chi connectivity index (χ3n) is 5.54. The number of hydrogen-bond donors (Lipinski definition) is 1. The molecule has 1 unspecified atom stereocenters. The highest BCUT2D eigenvalue weighted by Crippen LogP contribution is 2.23. The third kappa shape index (κ3) is 7.91. The molecule has 0 saturated heterocycles. The van der Waals surface area contributed by atoms with Crippen LogP contribution in [-0.4, -0.2) is 23.2 Å². The number of carbonyl (C=O) groups is 1. The summed E-state index contributed by atoms with van der Waals surface area (Å²) in [6.45, 7) is 8.40. The minimum Gasteiger partial charge on any atom is -0.443 e. The molecule has 1 heterocycles. The van der Waals surface area contributed by atoms with Gasteiger partial charge in [0.05, 0.1) is 6.04 Å². The standard InChI is InChI=1S/C29H37N3O2/c1-5-26(24-14-7-6-8-15-24)31-25-19-17-23(18-20-25)13-10-12-22-32(27-16-9-11-21-30-27)28(33)34-29(2,3)4/h6-9,11,14-21,26,31H,5,10,12-13,22H2,1-4H3. The van der Waals surface area contributed by atoms with Gasteiger partial charge in [0, 0.05) is 18.4 Å². The van der Waals surface area contributed by atoms with Crippen molar-refractivity contribution in [2.24, 2.45) is 0 Å². The highest BCUT2D eigenvalue weighted by Gasteiger charge is 2.23. The molecular formula is C29H37N3O2. The highest BCUT2D eigenvalue weighted by atomic mass is 16.6. The van der Waals surface area contributed by atoms with Crippen LogP contribution in [0.4, 0.5) is 16.3 Å². The van der Waals surface area contributed by atoms with Crippen LogP contribution in [-0.2, 0) is 11.2 Å². The SMILES string of the molecule is CCC(Nc1ccc(CCCCN(C(=O)OC(C)(C)C)c2ccccn2)cc1)c1ccccc1. The maximum atomic E-state index is 12.7. The van der Waals surface area contributed by atoms with Crippen LogP contribution in [0.1, 0.15) is 64.1 Å². The fraction of sp³-hybridized carbons (Fsp3) is 0.379. The Morgan fingerprint density at radius 2 is 1.68 bits per heavy atom. The normalized spacial score (nSPS) is 12.1. The minimum absolute atomic E-state index is 0.303. The second-order valence-corrected chi connectivity index (χ2v) is 9.49. The Hall–Kier alpha value is -3.34. The molecule has 3 aromatic rings. The van der Waals surface area contributed by atoms with Gasteiger partial charge >= 0.3 is 6.09 Å². The van der Waals surface area contributed by atoms with Crippen molar-refractivity contribution in [2.75, 3.05) is 16.8 Å². The molecule has 34 heavy (non-hydrogen) atoms. The number of nitrogens with zero attached hydrogens (tertiary/aromatic N) is 2. The van der Waals surface area contributed by atoms with Gasteiger partial charge in [0.25, 0.3) is 0 Å². The first-order chi connectivity index (χ1) is 16.4. The van der Waals surface area contributed by atoms with Crippen molar-refractivity contribution in [3.8, 4) is 0 Å². The van der Waals surface area contributed by atoms with Crippen molar-refractivity contribution in [3.05, 3.63) is 90.1 Å². The van der Waals surface area contributed by atoms with Gasteiger partial charge < -0.3 is 10.1 Å². The summed E-state index contributed by atoms with van der Waals surface area (Å²) < 4.78 is 5.60. The van der Waals surface area contributed by atoms with E-state index in [0.29, 0.717) is 18.4 Å². The Morgan fingerprint density at radius 1 is 0.971 bits per heavy atom. The molecule has 0 aliphatic carbocycles. The Labute approximate surface area is 204 Å². The number of ether oxygens (including phenoxy) is 1. The fourth-order valence-corrected chi connectivity index (χ4v) is 3.80. The molecule has 0 fully saturated rings. The number of aryl methyl sites for hydroxylation is 1. The Bertz CT molecular complexity index is 999. The first-order valence-corrected chi connectivity index (χ1v) is 12.2. The van der Waals surface area contributed by atoms with Crippen molar-refractivity contribution in [1.29, 1.82) is 0 Å². The Morgan fingerprint density at radius 3 is 2.29 bits per heavy atom. The van der Waals surface area contributed by atoms with Crippen LogP contribution < -0.4 is 10.2 Å². The van der Waals surface area contributed by atoms with E-state index in [1.807, 2.05) is 45.0 Å². The lowest BCUT2D eigenvalue weighted by molar-refractivity contribution is 0.0578. The number of carbonyl (C=O) groups excluding carboxylic acids is 1. The second-order valence-electron chi connectivity index (χ2n) is 9.49. The molecule has 0 aliphatic rings. The van der Waals surface area contributed by atoms with E-state index >= 15 is 0 Å². The molecule has 0 radical (unpaired) electrons. The Kier molecular flexibility index (Phi) is 9.08. The quantitative estimate of drug-likeness (QED) is 0.321. The smallest absolute Gasteiger partial charge is 0.416 e. The predicted octanol–water partition coefficient (Wildman–Crippen LogP) is 7.41. The van der Waals surface area contributed by atoms with Gasteiger partial charge in [-0.15, -0.1) is 0 Å². The number of rotatable bonds is 10. The van der Waals surface area contributed by atoms with Crippen LogP contribution in [0, 0.1) is 0 Å². The molecule has 5 heteroatoms. The van der Waals surface area contributed by atoms with Crippen LogP contribution in [0.15, 0.2) is 79.0 Å². The molecule has 2 aromatic carbocycles. The largest absolute Gasteiger partial charge is 0.443 e. The number of nitrogens with one attached hydrogen (secondary N) is 1. The van der Waals surface area contributed by atoms with Crippen molar-refractivity contribution in [3.63, 3.8) is 0 Å². The zero-order valence-electron chi connectivity index (χ0n) is 20.8. The average molecular weight is 460 g/mol. The van der Waals surface area contributed by atoms with Crippen LogP contribution >= 0.6 is 0 Å². The van der Waals surface area contributed by atoms with Crippen LogP contribution in [0.25, 0.3) is 0 Å². The van der Waals surface area contributed by atoms with Gasteiger partial charge in [0.15, 0.2) is 0 Å². The molecule has 5 nitrogen and oxygen atoms in total. The van der Waals surface area contributed by atoms with Gasteiger partial charge in [0.2, 0.25) is 0 Å². The molecule has 1 aromatic heterocycles. The number of unbranched alkanes of at least 4 members (excludes halogenated alkanes) is 1. The maximum Gasteiger partial charge on any atom is 0.416 e. The zero-order chi connectivity index (χ0) is 24.4. The summed E-state index contributed by atoms with van der Waals surface area (Å²) in [6, 6.07) is 25.1. The van der Waals surface area contributed by atoms with Gasteiger partial charge in [-0.2, -0.15) is 0 Å². The van der Waals surface area contributed by atoms with E-state index in [-0.39, 0.29) is 6.09 Å². The first kappa shape index (κ1) is 25.3. The van der Waals surface area contributed by atoms with Gasteiger partial charge in [-0.05, 0) is 81.8 Å². The van der Waals surface area contributed by atoms with E-state index in [9.17, 15) is 4.79 Å². The van der Waals surface area contributed by atoms with E-state index < -0.39 is 5.60 Å². The summed E-state index contributed by atoms with van der Waals surface area (Å²) in [4.78, 5) is 18.7. The molecular weight excluding hydrogens is 422 g/mol. The van der Waals surface area contributed by atoms with Gasteiger partial charge in [-0.1, -0.05) is 55.5 Å². The van der Waals surface area contributed by atoms with Crippen LogP contribution in [0.5, 0.6) is 0 Å². The second kappa shape index (κ2) is 12.2. The van der Waals surface area contributed by atoms with E-state index in [1.165, 1.54) is 11.1 Å². The molecule has 0 spiro atoms. The maximum absolute atomic E-state index is 12.7. The number of aromatic nitrogens is 1. The lowest BCUT2D eigenvalue weighted by atomic mass is 10.0. The Balaban J connectivity index is 1.52. The number of anilines is 2. The number of amides is 1. The first-order valence-electron chi connectivity index (χ1n) is 12.2. The molecule has 3 rings (SSSR count). The van der Waals surface area contributed by atoms with Crippen molar-refractivity contribution >= 4 is 17.6 Å². The predicted molar refractivity (Wildman–Crippen MR) is 140 cm³/mol. The summed E-state index contributed by atoms with van der Waals surface area (Å²) in [5.41, 5.74) is 3.18. The number of pyridine rings is 1. The van der Waals surface area contributed by atoms with E-state index in [0.717, 1.165) is 31.4 Å². The van der Waals surface area contributed by atoms with E-state index in [2.05, 4.69) is 65.8 Å². The van der Waals surface area contributed by atoms with Crippen molar-refractivity contribution in [2.45, 2.75) is 65.0 Å². The molecule has 1 atom stereocenters. The number of hydrogen-bond acceptors (Lipinski definition) is 4. The van der Waals surface area contributed by atoms with Gasteiger partial charge in [-0.25, -0.2) is 9.78 Å². The summed E-state index contributed by atoms with van der Waals surface area (Å²) in [5.74, 6) is 0.621.